The second-order valence-electron chi connectivity index (χ2n) is 7.56. The molecule has 36 heavy (non-hydrogen) atoms. The maximum Gasteiger partial charge on any atom is 0.469 e. The van der Waals surface area contributed by atoms with Crippen LogP contribution in [-0.2, 0) is 18.7 Å². The Kier molecular flexibility index (Phi) is 7.29. The fraction of sp³-hybridized carbons (Fsp3) is 0.0800. The number of rotatable bonds is 9. The molecular weight excluding hydrogens is 485 g/mol. The number of nitrogens with zero attached hydrogens (tertiary/aromatic N) is 2. The van der Waals surface area contributed by atoms with Gasteiger partial charge in [0.15, 0.2) is 0 Å². The Balaban J connectivity index is 1.57. The van der Waals surface area contributed by atoms with Gasteiger partial charge in [0, 0.05) is 5.69 Å². The highest BCUT2D eigenvalue weighted by atomic mass is 31.2. The number of para-hydroxylation sites is 1. The number of amides is 2. The maximum absolute atomic E-state index is 13.1. The first-order valence-electron chi connectivity index (χ1n) is 10.7. The van der Waals surface area contributed by atoms with Gasteiger partial charge in [-0.05, 0) is 42.0 Å². The predicted octanol–water partition coefficient (Wildman–Crippen LogP) is 3.65. The summed E-state index contributed by atoms with van der Waals surface area (Å²) in [5.41, 5.74) is 1.53. The Labute approximate surface area is 206 Å². The van der Waals surface area contributed by atoms with Gasteiger partial charge in [-0.1, -0.05) is 42.5 Å². The molecule has 1 aliphatic heterocycles. The third kappa shape index (κ3) is 5.68. The lowest BCUT2D eigenvalue weighted by molar-refractivity contribution is -0.137. The third-order valence-corrected chi connectivity index (χ3v) is 5.68. The molecule has 182 valence electrons. The van der Waals surface area contributed by atoms with Crippen LogP contribution >= 0.6 is 7.82 Å². The highest BCUT2D eigenvalue weighted by Gasteiger charge is 2.39. The van der Waals surface area contributed by atoms with Crippen LogP contribution in [-0.4, -0.2) is 39.7 Å². The largest absolute Gasteiger partial charge is 0.469 e. The summed E-state index contributed by atoms with van der Waals surface area (Å²) in [7, 11) is -4.75. The van der Waals surface area contributed by atoms with Gasteiger partial charge in [0.25, 0.3) is 11.8 Å². The molecule has 4 rings (SSSR count). The molecule has 0 saturated carbocycles. The number of carbonyl (C=O) groups is 2. The van der Waals surface area contributed by atoms with Crippen LogP contribution in [0.1, 0.15) is 11.1 Å². The minimum atomic E-state index is -4.75. The van der Waals surface area contributed by atoms with Crippen molar-refractivity contribution in [2.45, 2.75) is 0 Å². The number of hydrogen-bond acceptors (Lipinski definition) is 7. The molecule has 3 N–H and O–H groups in total. The number of nitrogens with one attached hydrogen (secondary N) is 1. The lowest BCUT2D eigenvalue weighted by Crippen LogP contribution is -2.35. The van der Waals surface area contributed by atoms with Gasteiger partial charge in [-0.3, -0.25) is 19.0 Å². The quantitative estimate of drug-likeness (QED) is 0.293. The van der Waals surface area contributed by atoms with Gasteiger partial charge < -0.3 is 19.8 Å². The Bertz CT molecular complexity index is 1410. The molecule has 1 aliphatic rings. The highest BCUT2D eigenvalue weighted by molar-refractivity contribution is 7.46. The van der Waals surface area contributed by atoms with Crippen molar-refractivity contribution < 1.29 is 33.2 Å². The van der Waals surface area contributed by atoms with Gasteiger partial charge in [0.1, 0.15) is 23.3 Å². The Morgan fingerprint density at radius 2 is 1.58 bits per heavy atom. The normalized spacial score (nSPS) is 13.6. The number of hydrogen-bond donors (Lipinski definition) is 3. The Morgan fingerprint density at radius 3 is 2.25 bits per heavy atom. The van der Waals surface area contributed by atoms with Crippen LogP contribution in [0.4, 0.5) is 5.69 Å². The number of ether oxygens (including phenoxy) is 1. The van der Waals surface area contributed by atoms with E-state index < -0.39 is 26.2 Å². The number of carbonyl (C=O) groups excluding carboxylic acids is 2. The van der Waals surface area contributed by atoms with Gasteiger partial charge in [0.2, 0.25) is 0 Å². The first kappa shape index (κ1) is 24.9. The summed E-state index contributed by atoms with van der Waals surface area (Å²) in [6.07, 6.45) is 0. The summed E-state index contributed by atoms with van der Waals surface area (Å²) in [5, 5.41) is 12.2. The van der Waals surface area contributed by atoms with Crippen molar-refractivity contribution in [3.05, 3.63) is 95.7 Å². The zero-order valence-electron chi connectivity index (χ0n) is 18.7. The summed E-state index contributed by atoms with van der Waals surface area (Å²) in [6.45, 7) is -0.858. The summed E-state index contributed by atoms with van der Waals surface area (Å²) in [5.74, 6) is -0.405. The molecule has 0 aliphatic carbocycles. The standard InChI is InChI=1S/C25H20N3O7P/c26-16-18-8-4-5-9-21(18)35-20-12-10-19(11-13-20)27-23-22(17-6-2-1-3-7-17)24(29)28(25(23)30)14-15-34-36(31,32)33/h1-13,27H,14-15H2,(H2,31,32,33). The van der Waals surface area contributed by atoms with Crippen LogP contribution in [0.3, 0.4) is 0 Å². The Morgan fingerprint density at radius 1 is 0.917 bits per heavy atom. The lowest BCUT2D eigenvalue weighted by Gasteiger charge is -2.15. The number of anilines is 1. The molecule has 11 heteroatoms. The molecule has 0 fully saturated rings. The maximum atomic E-state index is 13.1. The van der Waals surface area contributed by atoms with Crippen molar-refractivity contribution in [1.29, 1.82) is 5.26 Å². The van der Waals surface area contributed by atoms with E-state index in [0.717, 1.165) is 4.90 Å². The second-order valence-corrected chi connectivity index (χ2v) is 8.80. The summed E-state index contributed by atoms with van der Waals surface area (Å²) in [4.78, 5) is 44.9. The molecule has 0 bridgehead atoms. The summed E-state index contributed by atoms with van der Waals surface area (Å²) in [6, 6.07) is 24.0. The van der Waals surface area contributed by atoms with E-state index in [-0.39, 0.29) is 17.8 Å². The first-order chi connectivity index (χ1) is 17.3. The van der Waals surface area contributed by atoms with E-state index in [1.807, 2.05) is 0 Å². The zero-order valence-corrected chi connectivity index (χ0v) is 19.6. The summed E-state index contributed by atoms with van der Waals surface area (Å²) >= 11 is 0. The van der Waals surface area contributed by atoms with Crippen molar-refractivity contribution in [2.75, 3.05) is 18.5 Å². The van der Waals surface area contributed by atoms with Crippen LogP contribution < -0.4 is 10.1 Å². The average molecular weight is 505 g/mol. The smallest absolute Gasteiger partial charge is 0.456 e. The molecule has 0 spiro atoms. The van der Waals surface area contributed by atoms with Crippen molar-refractivity contribution in [2.24, 2.45) is 0 Å². The second kappa shape index (κ2) is 10.6. The predicted molar refractivity (Wildman–Crippen MR) is 129 cm³/mol. The number of phosphoric acid groups is 1. The van der Waals surface area contributed by atoms with Crippen LogP contribution in [0.2, 0.25) is 0 Å². The molecule has 1 heterocycles. The number of nitriles is 1. The van der Waals surface area contributed by atoms with E-state index in [0.29, 0.717) is 28.3 Å². The van der Waals surface area contributed by atoms with E-state index >= 15 is 0 Å². The molecule has 0 unspecified atom stereocenters. The highest BCUT2D eigenvalue weighted by Crippen LogP contribution is 2.36. The molecule has 0 atom stereocenters. The third-order valence-electron chi connectivity index (χ3n) is 5.16. The van der Waals surface area contributed by atoms with Gasteiger partial charge in [0.05, 0.1) is 24.3 Å². The topological polar surface area (TPSA) is 149 Å². The summed E-state index contributed by atoms with van der Waals surface area (Å²) < 4.78 is 21.2. The zero-order chi connectivity index (χ0) is 25.7. The van der Waals surface area contributed by atoms with Crippen molar-refractivity contribution in [3.8, 4) is 17.6 Å². The monoisotopic (exact) mass is 505 g/mol. The molecule has 0 radical (unpaired) electrons. The number of imide groups is 1. The lowest BCUT2D eigenvalue weighted by atomic mass is 10.0. The minimum Gasteiger partial charge on any atom is -0.456 e. The van der Waals surface area contributed by atoms with E-state index in [1.165, 1.54) is 0 Å². The van der Waals surface area contributed by atoms with E-state index in [9.17, 15) is 19.4 Å². The molecule has 10 nitrogen and oxygen atoms in total. The Hall–Kier alpha value is -4.26. The van der Waals surface area contributed by atoms with Crippen LogP contribution in [0, 0.1) is 11.3 Å². The van der Waals surface area contributed by atoms with E-state index in [2.05, 4.69) is 15.9 Å². The van der Waals surface area contributed by atoms with Crippen molar-refractivity contribution >= 4 is 30.9 Å². The fourth-order valence-electron chi connectivity index (χ4n) is 3.54. The molecular formula is C25H20N3O7P. The molecule has 3 aromatic carbocycles. The van der Waals surface area contributed by atoms with Gasteiger partial charge in [-0.25, -0.2) is 4.57 Å². The van der Waals surface area contributed by atoms with Gasteiger partial charge >= 0.3 is 7.82 Å². The van der Waals surface area contributed by atoms with Gasteiger partial charge in [-0.15, -0.1) is 0 Å². The van der Waals surface area contributed by atoms with E-state index in [1.54, 1.807) is 78.9 Å². The van der Waals surface area contributed by atoms with Crippen LogP contribution in [0.25, 0.3) is 5.57 Å². The molecule has 3 aromatic rings. The van der Waals surface area contributed by atoms with Crippen LogP contribution in [0.5, 0.6) is 11.5 Å². The average Bonchev–Trinajstić information content (AvgIpc) is 3.09. The minimum absolute atomic E-state index is 0.0193. The number of phosphoric ester groups is 1. The number of benzene rings is 3. The first-order valence-corrected chi connectivity index (χ1v) is 12.2. The molecule has 2 amide bonds. The molecule has 0 saturated heterocycles. The van der Waals surface area contributed by atoms with Gasteiger partial charge in [-0.2, -0.15) is 5.26 Å². The van der Waals surface area contributed by atoms with Crippen molar-refractivity contribution in [3.63, 3.8) is 0 Å². The fourth-order valence-corrected chi connectivity index (χ4v) is 3.86. The van der Waals surface area contributed by atoms with E-state index in [4.69, 9.17) is 14.5 Å². The molecule has 0 aromatic heterocycles. The van der Waals surface area contributed by atoms with Crippen molar-refractivity contribution in [1.82, 2.24) is 4.90 Å². The SMILES string of the molecule is N#Cc1ccccc1Oc1ccc(NC2=C(c3ccccc3)C(=O)N(CCOP(=O)(O)O)C2=O)cc1. The van der Waals surface area contributed by atoms with Crippen LogP contribution in [0.15, 0.2) is 84.6 Å².